The highest BCUT2D eigenvalue weighted by molar-refractivity contribution is 7.78. The third kappa shape index (κ3) is 2.77. The average molecular weight is 231 g/mol. The molecule has 0 aliphatic heterocycles. The predicted octanol–water partition coefficient (Wildman–Crippen LogP) is 3.60. The molecule has 1 N–H and O–H groups in total. The van der Waals surface area contributed by atoms with Gasteiger partial charge >= 0.3 is 0 Å². The van der Waals surface area contributed by atoms with Crippen LogP contribution in [-0.4, -0.2) is 0 Å². The van der Waals surface area contributed by atoms with E-state index in [1.807, 2.05) is 0 Å². The number of benzene rings is 1. The Morgan fingerprint density at radius 2 is 2.06 bits per heavy atom. The van der Waals surface area contributed by atoms with Gasteiger partial charge in [-0.05, 0) is 29.0 Å². The van der Waals surface area contributed by atoms with Crippen LogP contribution in [0, 0.1) is 5.92 Å². The van der Waals surface area contributed by atoms with Crippen molar-refractivity contribution in [2.24, 2.45) is 5.92 Å². The van der Waals surface area contributed by atoms with E-state index in [9.17, 15) is 0 Å². The maximum absolute atomic E-state index is 4.00. The fourth-order valence-electron chi connectivity index (χ4n) is 1.94. The molecular weight excluding hydrogens is 214 g/mol. The van der Waals surface area contributed by atoms with E-state index in [1.165, 1.54) is 16.7 Å². The van der Waals surface area contributed by atoms with E-state index in [-0.39, 0.29) is 0 Å². The van der Waals surface area contributed by atoms with Gasteiger partial charge in [-0.2, -0.15) is 0 Å². The summed E-state index contributed by atoms with van der Waals surface area (Å²) in [5.74, 6) is 0.652. The van der Waals surface area contributed by atoms with Crippen LogP contribution in [0.3, 0.4) is 0 Å². The van der Waals surface area contributed by atoms with Gasteiger partial charge in [0.1, 0.15) is 0 Å². The minimum absolute atomic E-state index is 0.652. The van der Waals surface area contributed by atoms with E-state index < -0.39 is 0 Å². The molecule has 0 saturated heterocycles. The van der Waals surface area contributed by atoms with Crippen molar-refractivity contribution in [1.29, 1.82) is 0 Å². The number of thiol groups is 1. The average Bonchev–Trinajstić information content (AvgIpc) is 2.30. The lowest BCUT2D eigenvalue weighted by atomic mass is 9.93. The molecule has 0 spiro atoms. The molecule has 0 bridgehead atoms. The van der Waals surface area contributed by atoms with Gasteiger partial charge in [0.2, 0.25) is 0 Å². The van der Waals surface area contributed by atoms with E-state index in [0.29, 0.717) is 5.92 Å². The van der Waals surface area contributed by atoms with Gasteiger partial charge in [0.15, 0.2) is 0 Å². The molecule has 1 aromatic rings. The van der Waals surface area contributed by atoms with Crippen molar-refractivity contribution in [3.8, 4) is 0 Å². The molecule has 0 radical (unpaired) electrons. The first-order valence-electron chi connectivity index (χ1n) is 5.64. The van der Waals surface area contributed by atoms with Crippen LogP contribution >= 0.6 is 12.8 Å². The predicted molar refractivity (Wildman–Crippen MR) is 73.2 cm³/mol. The number of nitrogens with one attached hydrogen (secondary N) is 1. The van der Waals surface area contributed by atoms with Crippen LogP contribution in [0.2, 0.25) is 0 Å². The highest BCUT2D eigenvalue weighted by Crippen LogP contribution is 2.24. The second-order valence-corrected chi connectivity index (χ2v) is 4.59. The minimum atomic E-state index is 0.652. The molecule has 0 fully saturated rings. The Morgan fingerprint density at radius 1 is 1.31 bits per heavy atom. The molecule has 1 aliphatic carbocycles. The molecule has 84 valence electrons. The fourth-order valence-corrected chi connectivity index (χ4v) is 2.12. The van der Waals surface area contributed by atoms with Crippen molar-refractivity contribution in [3.63, 3.8) is 0 Å². The Morgan fingerprint density at radius 3 is 2.69 bits per heavy atom. The molecule has 1 aromatic carbocycles. The SMILES string of the molecule is CC1C=C(c2ccc(CNS)cc2)C=CC1. The summed E-state index contributed by atoms with van der Waals surface area (Å²) in [6.45, 7) is 3.05. The van der Waals surface area contributed by atoms with Crippen LogP contribution in [0.4, 0.5) is 0 Å². The first-order valence-corrected chi connectivity index (χ1v) is 6.09. The van der Waals surface area contributed by atoms with Gasteiger partial charge < -0.3 is 0 Å². The van der Waals surface area contributed by atoms with Crippen LogP contribution in [0.1, 0.15) is 24.5 Å². The van der Waals surface area contributed by atoms with Crippen LogP contribution in [0.25, 0.3) is 5.57 Å². The van der Waals surface area contributed by atoms with Crippen LogP contribution in [0.5, 0.6) is 0 Å². The summed E-state index contributed by atoms with van der Waals surface area (Å²) in [6, 6.07) is 8.64. The van der Waals surface area contributed by atoms with Gasteiger partial charge in [-0.3, -0.25) is 4.72 Å². The molecule has 2 heteroatoms. The third-order valence-corrected chi connectivity index (χ3v) is 3.00. The van der Waals surface area contributed by atoms with Gasteiger partial charge in [0, 0.05) is 6.54 Å². The zero-order chi connectivity index (χ0) is 11.4. The van der Waals surface area contributed by atoms with Gasteiger partial charge in [0.25, 0.3) is 0 Å². The zero-order valence-corrected chi connectivity index (χ0v) is 10.4. The lowest BCUT2D eigenvalue weighted by Crippen LogP contribution is -1.99. The maximum Gasteiger partial charge on any atom is 0.0307 e. The normalized spacial score (nSPS) is 19.6. The number of hydrogen-bond acceptors (Lipinski definition) is 2. The molecule has 1 unspecified atom stereocenters. The van der Waals surface area contributed by atoms with E-state index in [4.69, 9.17) is 0 Å². The lowest BCUT2D eigenvalue weighted by Gasteiger charge is -2.12. The second kappa shape index (κ2) is 5.37. The summed E-state index contributed by atoms with van der Waals surface area (Å²) < 4.78 is 2.86. The summed E-state index contributed by atoms with van der Waals surface area (Å²) >= 11 is 4.00. The first-order chi connectivity index (χ1) is 7.79. The summed E-state index contributed by atoms with van der Waals surface area (Å²) in [7, 11) is 0. The van der Waals surface area contributed by atoms with Crippen LogP contribution in [-0.2, 0) is 6.54 Å². The largest absolute Gasteiger partial charge is 0.262 e. The van der Waals surface area contributed by atoms with E-state index >= 15 is 0 Å². The lowest BCUT2D eigenvalue weighted by molar-refractivity contribution is 0.740. The standard InChI is InChI=1S/C14H17NS/c1-11-3-2-4-14(9-11)13-7-5-12(6-8-13)10-15-16/h2,4-9,11,15-16H,3,10H2,1H3. The highest BCUT2D eigenvalue weighted by atomic mass is 32.1. The van der Waals surface area contributed by atoms with Crippen LogP contribution in [0.15, 0.2) is 42.5 Å². The second-order valence-electron chi connectivity index (χ2n) is 4.27. The topological polar surface area (TPSA) is 12.0 Å². The summed E-state index contributed by atoms with van der Waals surface area (Å²) in [5, 5.41) is 0. The minimum Gasteiger partial charge on any atom is -0.262 e. The van der Waals surface area contributed by atoms with Crippen molar-refractivity contribution >= 4 is 18.4 Å². The van der Waals surface area contributed by atoms with Gasteiger partial charge in [0.05, 0.1) is 0 Å². The van der Waals surface area contributed by atoms with Gasteiger partial charge in [-0.15, -0.1) is 0 Å². The summed E-state index contributed by atoms with van der Waals surface area (Å²) in [5.41, 5.74) is 3.89. The Kier molecular flexibility index (Phi) is 3.86. The molecule has 0 amide bonds. The van der Waals surface area contributed by atoms with E-state index in [2.05, 4.69) is 67.0 Å². The quantitative estimate of drug-likeness (QED) is 0.757. The molecule has 1 nitrogen and oxygen atoms in total. The van der Waals surface area contributed by atoms with Crippen molar-refractivity contribution < 1.29 is 0 Å². The summed E-state index contributed by atoms with van der Waals surface area (Å²) in [6.07, 6.45) is 7.96. The monoisotopic (exact) mass is 231 g/mol. The zero-order valence-electron chi connectivity index (χ0n) is 9.48. The smallest absolute Gasteiger partial charge is 0.0307 e. The molecule has 0 heterocycles. The highest BCUT2D eigenvalue weighted by Gasteiger charge is 2.05. The molecule has 0 saturated carbocycles. The Balaban J connectivity index is 2.18. The number of hydrogen-bond donors (Lipinski definition) is 2. The van der Waals surface area contributed by atoms with Crippen LogP contribution < -0.4 is 4.72 Å². The molecule has 0 aromatic heterocycles. The van der Waals surface area contributed by atoms with Crippen molar-refractivity contribution in [3.05, 3.63) is 53.6 Å². The van der Waals surface area contributed by atoms with Gasteiger partial charge in [-0.1, -0.05) is 62.2 Å². The first kappa shape index (κ1) is 11.5. The van der Waals surface area contributed by atoms with Crippen molar-refractivity contribution in [2.75, 3.05) is 0 Å². The molecule has 16 heavy (non-hydrogen) atoms. The van der Waals surface area contributed by atoms with E-state index in [0.717, 1.165) is 13.0 Å². The Bertz CT molecular complexity index is 403. The fraction of sp³-hybridized carbons (Fsp3) is 0.286. The molecule has 2 rings (SSSR count). The van der Waals surface area contributed by atoms with Gasteiger partial charge in [-0.25, -0.2) is 0 Å². The van der Waals surface area contributed by atoms with Crippen molar-refractivity contribution in [2.45, 2.75) is 19.9 Å². The third-order valence-electron chi connectivity index (χ3n) is 2.84. The van der Waals surface area contributed by atoms with E-state index in [1.54, 1.807) is 0 Å². The molecule has 1 aliphatic rings. The number of allylic oxidation sites excluding steroid dienone is 4. The summed E-state index contributed by atoms with van der Waals surface area (Å²) in [4.78, 5) is 0. The molecular formula is C14H17NS. The Labute approximate surface area is 103 Å². The Hall–Kier alpha value is -0.990. The number of rotatable bonds is 3. The van der Waals surface area contributed by atoms with Crippen molar-refractivity contribution in [1.82, 2.24) is 4.72 Å². The molecule has 1 atom stereocenters. The maximum atomic E-state index is 4.00.